The number of benzene rings is 2. The second kappa shape index (κ2) is 8.47. The van der Waals surface area contributed by atoms with E-state index in [9.17, 15) is 4.79 Å². The van der Waals surface area contributed by atoms with E-state index < -0.39 is 0 Å². The normalized spacial score (nSPS) is 11.9. The van der Waals surface area contributed by atoms with Gasteiger partial charge in [-0.25, -0.2) is 5.43 Å². The Hall–Kier alpha value is -2.62. The number of nitrogens with zero attached hydrogens (tertiary/aromatic N) is 1. The molecule has 4 nitrogen and oxygen atoms in total. The Kier molecular flexibility index (Phi) is 6.34. The van der Waals surface area contributed by atoms with Gasteiger partial charge in [0, 0.05) is 0 Å². The lowest BCUT2D eigenvalue weighted by atomic mass is 9.87. The zero-order valence-electron chi connectivity index (χ0n) is 15.4. The minimum absolute atomic E-state index is 0.0653. The van der Waals surface area contributed by atoms with Crippen LogP contribution in [0.5, 0.6) is 5.75 Å². The Morgan fingerprint density at radius 2 is 1.68 bits per heavy atom. The second-order valence-corrected chi connectivity index (χ2v) is 6.88. The number of hydrogen-bond acceptors (Lipinski definition) is 3. The highest BCUT2D eigenvalue weighted by Crippen LogP contribution is 2.24. The maximum atomic E-state index is 12.0. The minimum atomic E-state index is -0.276. The van der Waals surface area contributed by atoms with E-state index >= 15 is 0 Å². The molecule has 25 heavy (non-hydrogen) atoms. The molecule has 0 aliphatic rings. The number of nitrogens with one attached hydrogen (secondary N) is 1. The molecule has 0 saturated heterocycles. The number of rotatable bonds is 6. The summed E-state index contributed by atoms with van der Waals surface area (Å²) in [6, 6.07) is 17.6. The van der Waals surface area contributed by atoms with Gasteiger partial charge in [-0.3, -0.25) is 4.79 Å². The molecule has 0 bridgehead atoms. The quantitative estimate of drug-likeness (QED) is 0.631. The molecule has 1 N–H and O–H groups in total. The van der Waals surface area contributed by atoms with Crippen LogP contribution in [-0.2, 0) is 10.2 Å². The van der Waals surface area contributed by atoms with Crippen molar-refractivity contribution in [3.8, 4) is 5.75 Å². The molecule has 2 aromatic rings. The first kappa shape index (κ1) is 18.7. The molecule has 0 aliphatic carbocycles. The number of hydrazone groups is 1. The van der Waals surface area contributed by atoms with Crippen LogP contribution in [-0.4, -0.2) is 18.2 Å². The van der Waals surface area contributed by atoms with Crippen LogP contribution in [0.4, 0.5) is 0 Å². The van der Waals surface area contributed by atoms with Gasteiger partial charge in [-0.15, -0.1) is 0 Å². The van der Waals surface area contributed by atoms with Crippen molar-refractivity contribution in [2.24, 2.45) is 5.10 Å². The van der Waals surface area contributed by atoms with Crippen LogP contribution >= 0.6 is 0 Å². The van der Waals surface area contributed by atoms with E-state index in [0.29, 0.717) is 5.75 Å². The first-order valence-electron chi connectivity index (χ1n) is 8.54. The highest BCUT2D eigenvalue weighted by Gasteiger charge is 2.13. The third kappa shape index (κ3) is 5.75. The molecule has 0 aliphatic heterocycles. The summed E-state index contributed by atoms with van der Waals surface area (Å²) >= 11 is 0. The van der Waals surface area contributed by atoms with Crippen molar-refractivity contribution >= 4 is 11.6 Å². The molecule has 2 aromatic carbocycles. The van der Waals surface area contributed by atoms with Gasteiger partial charge in [0.25, 0.3) is 5.91 Å². The monoisotopic (exact) mass is 338 g/mol. The summed E-state index contributed by atoms with van der Waals surface area (Å²) in [5, 5.41) is 4.21. The van der Waals surface area contributed by atoms with Crippen molar-refractivity contribution in [3.63, 3.8) is 0 Å². The number of carbonyl (C=O) groups is 1. The average molecular weight is 338 g/mol. The van der Waals surface area contributed by atoms with Crippen LogP contribution in [0.25, 0.3) is 0 Å². The van der Waals surface area contributed by atoms with E-state index in [2.05, 4.69) is 31.3 Å². The fraction of sp³-hybridized carbons (Fsp3) is 0.333. The highest BCUT2D eigenvalue weighted by molar-refractivity contribution is 6.00. The predicted molar refractivity (Wildman–Crippen MR) is 102 cm³/mol. The lowest BCUT2D eigenvalue weighted by molar-refractivity contribution is -0.123. The number of amides is 1. The molecule has 132 valence electrons. The fourth-order valence-corrected chi connectivity index (χ4v) is 2.34. The topological polar surface area (TPSA) is 50.7 Å². The predicted octanol–water partition coefficient (Wildman–Crippen LogP) is 4.29. The minimum Gasteiger partial charge on any atom is -0.484 e. The van der Waals surface area contributed by atoms with Crippen LogP contribution in [0.2, 0.25) is 0 Å². The average Bonchev–Trinajstić information content (AvgIpc) is 2.61. The Labute approximate surface area is 149 Å². The van der Waals surface area contributed by atoms with Crippen molar-refractivity contribution in [2.45, 2.75) is 39.5 Å². The van der Waals surface area contributed by atoms with Crippen molar-refractivity contribution in [1.29, 1.82) is 0 Å². The van der Waals surface area contributed by atoms with Gasteiger partial charge in [0.15, 0.2) is 6.61 Å². The van der Waals surface area contributed by atoms with Gasteiger partial charge in [-0.1, -0.05) is 70.2 Å². The number of carbonyl (C=O) groups excluding carboxylic acids is 1. The Balaban J connectivity index is 1.89. The van der Waals surface area contributed by atoms with Crippen LogP contribution in [0.15, 0.2) is 59.7 Å². The maximum Gasteiger partial charge on any atom is 0.277 e. The molecule has 0 radical (unpaired) electrons. The van der Waals surface area contributed by atoms with Gasteiger partial charge in [0.2, 0.25) is 0 Å². The molecule has 4 heteroatoms. The molecule has 0 saturated carbocycles. The maximum absolute atomic E-state index is 12.0. The third-order valence-corrected chi connectivity index (χ3v) is 3.85. The zero-order chi connectivity index (χ0) is 18.3. The van der Waals surface area contributed by atoms with Crippen molar-refractivity contribution in [1.82, 2.24) is 5.43 Å². The summed E-state index contributed by atoms with van der Waals surface area (Å²) in [5.41, 5.74) is 5.72. The summed E-state index contributed by atoms with van der Waals surface area (Å²) in [6.07, 6.45) is 0.736. The molecule has 1 amide bonds. The van der Waals surface area contributed by atoms with Gasteiger partial charge < -0.3 is 4.74 Å². The first-order chi connectivity index (χ1) is 11.9. The summed E-state index contributed by atoms with van der Waals surface area (Å²) in [7, 11) is 0. The standard InChI is InChI=1S/C21H26N2O2/c1-5-19(16-9-7-6-8-10-16)22-23-20(24)15-25-18-13-11-17(12-14-18)21(2,3)4/h6-14H,5,15H2,1-4H3,(H,23,24). The van der Waals surface area contributed by atoms with Gasteiger partial charge >= 0.3 is 0 Å². The van der Waals surface area contributed by atoms with Crippen LogP contribution in [0.3, 0.4) is 0 Å². The van der Waals surface area contributed by atoms with Crippen LogP contribution < -0.4 is 10.2 Å². The van der Waals surface area contributed by atoms with Gasteiger partial charge in [0.05, 0.1) is 5.71 Å². The third-order valence-electron chi connectivity index (χ3n) is 3.85. The van der Waals surface area contributed by atoms with E-state index in [1.54, 1.807) is 0 Å². The fourth-order valence-electron chi connectivity index (χ4n) is 2.34. The van der Waals surface area contributed by atoms with Crippen molar-refractivity contribution in [3.05, 3.63) is 65.7 Å². The van der Waals surface area contributed by atoms with Crippen LogP contribution in [0.1, 0.15) is 45.2 Å². The summed E-state index contributed by atoms with van der Waals surface area (Å²) in [4.78, 5) is 12.0. The van der Waals surface area contributed by atoms with E-state index in [-0.39, 0.29) is 17.9 Å². The SMILES string of the molecule is CCC(=NNC(=O)COc1ccc(C(C)(C)C)cc1)c1ccccc1. The Morgan fingerprint density at radius 3 is 2.24 bits per heavy atom. The van der Waals surface area contributed by atoms with Crippen LogP contribution in [0, 0.1) is 0 Å². The Morgan fingerprint density at radius 1 is 1.04 bits per heavy atom. The molecular weight excluding hydrogens is 312 g/mol. The second-order valence-electron chi connectivity index (χ2n) is 6.88. The van der Waals surface area contributed by atoms with E-state index in [4.69, 9.17) is 4.74 Å². The van der Waals surface area contributed by atoms with E-state index in [1.165, 1.54) is 5.56 Å². The largest absolute Gasteiger partial charge is 0.484 e. The van der Waals surface area contributed by atoms with Gasteiger partial charge in [-0.05, 0) is 35.1 Å². The molecule has 0 unspecified atom stereocenters. The highest BCUT2D eigenvalue weighted by atomic mass is 16.5. The molecule has 0 atom stereocenters. The number of hydrogen-bond donors (Lipinski definition) is 1. The summed E-state index contributed by atoms with van der Waals surface area (Å²) in [6.45, 7) is 8.42. The molecule has 2 rings (SSSR count). The molecule has 0 aromatic heterocycles. The molecule has 0 fully saturated rings. The first-order valence-corrected chi connectivity index (χ1v) is 8.54. The van der Waals surface area contributed by atoms with E-state index in [0.717, 1.165) is 17.7 Å². The smallest absolute Gasteiger partial charge is 0.277 e. The number of ether oxygens (including phenoxy) is 1. The van der Waals surface area contributed by atoms with Crippen molar-refractivity contribution < 1.29 is 9.53 Å². The Bertz CT molecular complexity index is 714. The van der Waals surface area contributed by atoms with Crippen molar-refractivity contribution in [2.75, 3.05) is 6.61 Å². The van der Waals surface area contributed by atoms with Gasteiger partial charge in [-0.2, -0.15) is 5.10 Å². The summed E-state index contributed by atoms with van der Waals surface area (Å²) in [5.74, 6) is 0.396. The molecule has 0 spiro atoms. The lowest BCUT2D eigenvalue weighted by Gasteiger charge is -2.19. The van der Waals surface area contributed by atoms with Gasteiger partial charge in [0.1, 0.15) is 5.75 Å². The molecular formula is C21H26N2O2. The van der Waals surface area contributed by atoms with E-state index in [1.807, 2.05) is 61.5 Å². The summed E-state index contributed by atoms with van der Waals surface area (Å²) < 4.78 is 5.53. The molecule has 0 heterocycles. The zero-order valence-corrected chi connectivity index (χ0v) is 15.4. The lowest BCUT2D eigenvalue weighted by Crippen LogP contribution is -2.26.